The van der Waals surface area contributed by atoms with Gasteiger partial charge in [0.25, 0.3) is 0 Å². The molecule has 1 aliphatic rings. The molecular formula is C11H26Cl2N2. The van der Waals surface area contributed by atoms with E-state index in [2.05, 4.69) is 18.7 Å². The maximum absolute atomic E-state index is 5.67. The summed E-state index contributed by atoms with van der Waals surface area (Å²) in [4.78, 5) is 2.64. The van der Waals surface area contributed by atoms with E-state index in [9.17, 15) is 0 Å². The summed E-state index contributed by atoms with van der Waals surface area (Å²) >= 11 is 0. The number of likely N-dealkylation sites (tertiary alicyclic amines) is 1. The molecule has 1 heterocycles. The van der Waals surface area contributed by atoms with Crippen LogP contribution in [-0.2, 0) is 0 Å². The number of piperidine rings is 1. The lowest BCUT2D eigenvalue weighted by atomic mass is 9.95. The van der Waals surface area contributed by atoms with Crippen molar-refractivity contribution in [3.8, 4) is 0 Å². The van der Waals surface area contributed by atoms with Gasteiger partial charge in [0.05, 0.1) is 0 Å². The predicted molar refractivity (Wildman–Crippen MR) is 72.2 cm³/mol. The van der Waals surface area contributed by atoms with Crippen molar-refractivity contribution in [1.29, 1.82) is 0 Å². The molecule has 0 aliphatic carbocycles. The fraction of sp³-hybridized carbons (Fsp3) is 1.00. The minimum Gasteiger partial charge on any atom is -0.330 e. The van der Waals surface area contributed by atoms with Gasteiger partial charge >= 0.3 is 0 Å². The average molecular weight is 257 g/mol. The molecule has 0 bridgehead atoms. The fourth-order valence-electron chi connectivity index (χ4n) is 2.36. The second kappa shape index (κ2) is 9.71. The van der Waals surface area contributed by atoms with E-state index in [0.29, 0.717) is 0 Å². The lowest BCUT2D eigenvalue weighted by Crippen LogP contribution is -2.42. The molecule has 1 aliphatic heterocycles. The number of rotatable bonds is 4. The Balaban J connectivity index is 0. The Bertz CT molecular complexity index is 133. The third-order valence-corrected chi connectivity index (χ3v) is 3.44. The zero-order valence-electron chi connectivity index (χ0n) is 9.95. The number of halogens is 2. The van der Waals surface area contributed by atoms with Crippen LogP contribution in [0.15, 0.2) is 0 Å². The van der Waals surface area contributed by atoms with E-state index < -0.39 is 0 Å². The summed E-state index contributed by atoms with van der Waals surface area (Å²) in [6.07, 6.45) is 5.22. The Morgan fingerprint density at radius 3 is 1.93 bits per heavy atom. The normalized spacial score (nSPS) is 18.4. The van der Waals surface area contributed by atoms with Crippen molar-refractivity contribution in [3.05, 3.63) is 0 Å². The lowest BCUT2D eigenvalue weighted by molar-refractivity contribution is 0.128. The maximum Gasteiger partial charge on any atom is 0.00900 e. The summed E-state index contributed by atoms with van der Waals surface area (Å²) in [7, 11) is 0. The molecule has 0 spiro atoms. The Hall–Kier alpha value is 0.500. The van der Waals surface area contributed by atoms with Gasteiger partial charge in [-0.1, -0.05) is 13.8 Å². The minimum atomic E-state index is 0. The van der Waals surface area contributed by atoms with Crippen LogP contribution in [-0.4, -0.2) is 30.6 Å². The SMILES string of the molecule is CCC(CC)N1CCC(CN)CC1.Cl.Cl. The molecule has 94 valence electrons. The van der Waals surface area contributed by atoms with Crippen molar-refractivity contribution in [2.24, 2.45) is 11.7 Å². The Morgan fingerprint density at radius 1 is 1.13 bits per heavy atom. The topological polar surface area (TPSA) is 29.3 Å². The highest BCUT2D eigenvalue weighted by molar-refractivity contribution is 5.85. The van der Waals surface area contributed by atoms with Crippen molar-refractivity contribution >= 4 is 24.8 Å². The van der Waals surface area contributed by atoms with E-state index >= 15 is 0 Å². The van der Waals surface area contributed by atoms with Crippen LogP contribution in [0.3, 0.4) is 0 Å². The molecule has 0 radical (unpaired) electrons. The zero-order chi connectivity index (χ0) is 9.68. The van der Waals surface area contributed by atoms with Gasteiger partial charge in [0.2, 0.25) is 0 Å². The Morgan fingerprint density at radius 2 is 1.60 bits per heavy atom. The Labute approximate surface area is 107 Å². The van der Waals surface area contributed by atoms with Gasteiger partial charge in [-0.05, 0) is 51.2 Å². The molecule has 0 aromatic rings. The first kappa shape index (κ1) is 17.9. The maximum atomic E-state index is 5.67. The predicted octanol–water partition coefficient (Wildman–Crippen LogP) is 2.69. The van der Waals surface area contributed by atoms with Crippen molar-refractivity contribution in [2.75, 3.05) is 19.6 Å². The van der Waals surface area contributed by atoms with Crippen LogP contribution in [0, 0.1) is 5.92 Å². The van der Waals surface area contributed by atoms with Gasteiger partial charge in [-0.25, -0.2) is 0 Å². The van der Waals surface area contributed by atoms with E-state index in [1.807, 2.05) is 0 Å². The van der Waals surface area contributed by atoms with Crippen molar-refractivity contribution in [1.82, 2.24) is 4.90 Å². The molecule has 0 unspecified atom stereocenters. The summed E-state index contributed by atoms with van der Waals surface area (Å²) in [5, 5.41) is 0. The molecule has 0 amide bonds. The van der Waals surface area contributed by atoms with Crippen LogP contribution < -0.4 is 5.73 Å². The zero-order valence-corrected chi connectivity index (χ0v) is 11.6. The highest BCUT2D eigenvalue weighted by atomic mass is 35.5. The summed E-state index contributed by atoms with van der Waals surface area (Å²) in [5.74, 6) is 0.797. The molecule has 1 rings (SSSR count). The number of nitrogens with two attached hydrogens (primary N) is 1. The van der Waals surface area contributed by atoms with Crippen molar-refractivity contribution in [2.45, 2.75) is 45.6 Å². The molecule has 2 nitrogen and oxygen atoms in total. The monoisotopic (exact) mass is 256 g/mol. The van der Waals surface area contributed by atoms with Gasteiger partial charge in [0.15, 0.2) is 0 Å². The van der Waals surface area contributed by atoms with Gasteiger partial charge in [-0.2, -0.15) is 0 Å². The molecule has 0 saturated carbocycles. The van der Waals surface area contributed by atoms with E-state index in [4.69, 9.17) is 5.73 Å². The fourth-order valence-corrected chi connectivity index (χ4v) is 2.36. The lowest BCUT2D eigenvalue weighted by Gasteiger charge is -2.36. The third kappa shape index (κ3) is 5.39. The van der Waals surface area contributed by atoms with Gasteiger partial charge in [0, 0.05) is 6.04 Å². The molecule has 2 N–H and O–H groups in total. The van der Waals surface area contributed by atoms with Crippen LogP contribution in [0.4, 0.5) is 0 Å². The largest absolute Gasteiger partial charge is 0.330 e. The van der Waals surface area contributed by atoms with E-state index in [1.54, 1.807) is 0 Å². The van der Waals surface area contributed by atoms with Gasteiger partial charge in [0.1, 0.15) is 0 Å². The van der Waals surface area contributed by atoms with E-state index in [1.165, 1.54) is 38.8 Å². The highest BCUT2D eigenvalue weighted by Crippen LogP contribution is 2.20. The average Bonchev–Trinajstić information content (AvgIpc) is 2.21. The van der Waals surface area contributed by atoms with Crippen molar-refractivity contribution in [3.63, 3.8) is 0 Å². The second-order valence-electron chi connectivity index (χ2n) is 4.19. The molecule has 0 atom stereocenters. The van der Waals surface area contributed by atoms with Crippen LogP contribution in [0.5, 0.6) is 0 Å². The molecule has 1 saturated heterocycles. The first-order chi connectivity index (χ1) is 6.31. The van der Waals surface area contributed by atoms with Crippen molar-refractivity contribution < 1.29 is 0 Å². The molecule has 4 heteroatoms. The minimum absolute atomic E-state index is 0. The van der Waals surface area contributed by atoms with Gasteiger partial charge < -0.3 is 10.6 Å². The number of nitrogens with zero attached hydrogens (tertiary/aromatic N) is 1. The first-order valence-electron chi connectivity index (χ1n) is 5.75. The quantitative estimate of drug-likeness (QED) is 0.839. The third-order valence-electron chi connectivity index (χ3n) is 3.44. The molecule has 0 aromatic carbocycles. The summed E-state index contributed by atoms with van der Waals surface area (Å²) in [6.45, 7) is 8.02. The molecule has 0 aromatic heterocycles. The van der Waals surface area contributed by atoms with E-state index in [0.717, 1.165) is 18.5 Å². The van der Waals surface area contributed by atoms with E-state index in [-0.39, 0.29) is 24.8 Å². The Kier molecular flexibility index (Phi) is 11.6. The van der Waals surface area contributed by atoms with Gasteiger partial charge in [-0.15, -0.1) is 24.8 Å². The van der Waals surface area contributed by atoms with Gasteiger partial charge in [-0.3, -0.25) is 0 Å². The van der Waals surface area contributed by atoms with Crippen LogP contribution >= 0.6 is 24.8 Å². The van der Waals surface area contributed by atoms with Crippen LogP contribution in [0.25, 0.3) is 0 Å². The number of hydrogen-bond acceptors (Lipinski definition) is 2. The molecule has 1 fully saturated rings. The summed E-state index contributed by atoms with van der Waals surface area (Å²) in [6, 6.07) is 0.818. The number of hydrogen-bond donors (Lipinski definition) is 1. The second-order valence-corrected chi connectivity index (χ2v) is 4.19. The van der Waals surface area contributed by atoms with Crippen LogP contribution in [0.1, 0.15) is 39.5 Å². The first-order valence-corrected chi connectivity index (χ1v) is 5.75. The molecule has 15 heavy (non-hydrogen) atoms. The van der Waals surface area contributed by atoms with Crippen LogP contribution in [0.2, 0.25) is 0 Å². The highest BCUT2D eigenvalue weighted by Gasteiger charge is 2.21. The standard InChI is InChI=1S/C11H24N2.2ClH/c1-3-11(4-2)13-7-5-10(9-12)6-8-13;;/h10-11H,3-9,12H2,1-2H3;2*1H. The summed E-state index contributed by atoms with van der Waals surface area (Å²) in [5.41, 5.74) is 5.67. The smallest absolute Gasteiger partial charge is 0.00900 e. The summed E-state index contributed by atoms with van der Waals surface area (Å²) < 4.78 is 0. The molecular weight excluding hydrogens is 231 g/mol.